The number of imidazole rings is 1. The van der Waals surface area contributed by atoms with Gasteiger partial charge in [0.2, 0.25) is 0 Å². The fourth-order valence-electron chi connectivity index (χ4n) is 2.76. The first-order valence-corrected chi connectivity index (χ1v) is 6.23. The molecule has 2 fully saturated rings. The number of aryl methyl sites for hydroxylation is 1. The van der Waals surface area contributed by atoms with Gasteiger partial charge < -0.3 is 10.3 Å². The molecule has 0 atom stereocenters. The summed E-state index contributed by atoms with van der Waals surface area (Å²) in [7, 11) is 0. The van der Waals surface area contributed by atoms with Crippen molar-refractivity contribution in [1.82, 2.24) is 14.5 Å². The van der Waals surface area contributed by atoms with Gasteiger partial charge in [-0.2, -0.15) is 0 Å². The van der Waals surface area contributed by atoms with Gasteiger partial charge in [0, 0.05) is 37.6 Å². The van der Waals surface area contributed by atoms with Gasteiger partial charge in [-0.05, 0) is 31.7 Å². The Morgan fingerprint density at radius 2 is 2.12 bits per heavy atom. The number of rotatable bonds is 5. The Bertz CT molecular complexity index is 336. The summed E-state index contributed by atoms with van der Waals surface area (Å²) >= 11 is 0. The van der Waals surface area contributed by atoms with E-state index >= 15 is 0 Å². The molecule has 4 heteroatoms. The van der Waals surface area contributed by atoms with E-state index in [2.05, 4.69) is 14.5 Å². The van der Waals surface area contributed by atoms with Crippen LogP contribution in [0.2, 0.25) is 0 Å². The normalized spacial score (nSPS) is 24.3. The first kappa shape index (κ1) is 10.3. The summed E-state index contributed by atoms with van der Waals surface area (Å²) in [4.78, 5) is 6.52. The highest BCUT2D eigenvalue weighted by atomic mass is 15.3. The van der Waals surface area contributed by atoms with E-state index in [4.69, 9.17) is 5.73 Å². The largest absolute Gasteiger partial charge is 0.337 e. The van der Waals surface area contributed by atoms with Crippen LogP contribution in [0.25, 0.3) is 0 Å². The monoisotopic (exact) mass is 220 g/mol. The van der Waals surface area contributed by atoms with Gasteiger partial charge >= 0.3 is 0 Å². The molecule has 16 heavy (non-hydrogen) atoms. The fourth-order valence-corrected chi connectivity index (χ4v) is 2.76. The van der Waals surface area contributed by atoms with E-state index in [9.17, 15) is 0 Å². The Balaban J connectivity index is 1.35. The van der Waals surface area contributed by atoms with Gasteiger partial charge in [-0.25, -0.2) is 4.98 Å². The van der Waals surface area contributed by atoms with Crippen LogP contribution in [0.5, 0.6) is 0 Å². The molecule has 1 aliphatic carbocycles. The lowest BCUT2D eigenvalue weighted by Crippen LogP contribution is -2.68. The van der Waals surface area contributed by atoms with E-state index in [1.54, 1.807) is 0 Å². The van der Waals surface area contributed by atoms with E-state index in [-0.39, 0.29) is 5.54 Å². The van der Waals surface area contributed by atoms with E-state index < -0.39 is 0 Å². The minimum atomic E-state index is 0.176. The summed E-state index contributed by atoms with van der Waals surface area (Å²) in [6.45, 7) is 4.46. The molecule has 0 amide bonds. The molecule has 1 saturated carbocycles. The molecule has 1 aliphatic heterocycles. The zero-order valence-electron chi connectivity index (χ0n) is 9.68. The molecule has 1 aromatic rings. The second-order valence-electron chi connectivity index (χ2n) is 5.37. The average Bonchev–Trinajstić information content (AvgIpc) is 2.95. The lowest BCUT2D eigenvalue weighted by atomic mass is 9.86. The summed E-state index contributed by atoms with van der Waals surface area (Å²) < 4.78 is 2.14. The third-order valence-corrected chi connectivity index (χ3v) is 3.88. The number of hydrogen-bond acceptors (Lipinski definition) is 3. The molecular formula is C12H20N4. The molecular weight excluding hydrogens is 200 g/mol. The van der Waals surface area contributed by atoms with Crippen LogP contribution in [0.1, 0.15) is 19.3 Å². The van der Waals surface area contributed by atoms with Crippen molar-refractivity contribution in [2.75, 3.05) is 19.6 Å². The van der Waals surface area contributed by atoms with Gasteiger partial charge in [0.25, 0.3) is 0 Å². The maximum atomic E-state index is 6.31. The van der Waals surface area contributed by atoms with Gasteiger partial charge in [0.05, 0.1) is 6.33 Å². The van der Waals surface area contributed by atoms with Crippen molar-refractivity contribution in [3.63, 3.8) is 0 Å². The molecule has 2 N–H and O–H groups in total. The van der Waals surface area contributed by atoms with E-state index in [1.165, 1.54) is 25.8 Å². The minimum absolute atomic E-state index is 0.176. The zero-order valence-corrected chi connectivity index (χ0v) is 9.68. The minimum Gasteiger partial charge on any atom is -0.337 e. The Morgan fingerprint density at radius 3 is 2.75 bits per heavy atom. The van der Waals surface area contributed by atoms with Gasteiger partial charge in [0.1, 0.15) is 0 Å². The number of likely N-dealkylation sites (tertiary alicyclic amines) is 1. The first-order valence-electron chi connectivity index (χ1n) is 6.23. The molecule has 1 saturated heterocycles. The predicted molar refractivity (Wildman–Crippen MR) is 62.9 cm³/mol. The van der Waals surface area contributed by atoms with Crippen LogP contribution in [0.4, 0.5) is 0 Å². The first-order chi connectivity index (χ1) is 7.76. The summed E-state index contributed by atoms with van der Waals surface area (Å²) in [6.07, 6.45) is 9.65. The van der Waals surface area contributed by atoms with Gasteiger partial charge in [0.15, 0.2) is 0 Å². The van der Waals surface area contributed by atoms with Crippen molar-refractivity contribution in [2.45, 2.75) is 31.3 Å². The molecule has 0 spiro atoms. The highest BCUT2D eigenvalue weighted by molar-refractivity contribution is 5.08. The van der Waals surface area contributed by atoms with Gasteiger partial charge in [-0.3, -0.25) is 4.90 Å². The van der Waals surface area contributed by atoms with Crippen LogP contribution >= 0.6 is 0 Å². The molecule has 0 aromatic carbocycles. The lowest BCUT2D eigenvalue weighted by molar-refractivity contribution is 0.0529. The van der Waals surface area contributed by atoms with Crippen LogP contribution in [-0.4, -0.2) is 39.6 Å². The maximum absolute atomic E-state index is 6.31. The molecule has 0 unspecified atom stereocenters. The number of hydrogen-bond donors (Lipinski definition) is 1. The van der Waals surface area contributed by atoms with Gasteiger partial charge in [-0.15, -0.1) is 0 Å². The summed E-state index contributed by atoms with van der Waals surface area (Å²) in [5.74, 6) is 0.831. The van der Waals surface area contributed by atoms with Crippen LogP contribution < -0.4 is 5.73 Å². The van der Waals surface area contributed by atoms with Crippen LogP contribution in [0.3, 0.4) is 0 Å². The number of nitrogens with two attached hydrogens (primary N) is 1. The topological polar surface area (TPSA) is 47.1 Å². The highest BCUT2D eigenvalue weighted by Crippen LogP contribution is 2.42. The van der Waals surface area contributed by atoms with E-state index in [0.29, 0.717) is 0 Å². The lowest BCUT2D eigenvalue weighted by Gasteiger charge is -2.48. The Kier molecular flexibility index (Phi) is 2.48. The summed E-state index contributed by atoms with van der Waals surface area (Å²) in [5.41, 5.74) is 6.48. The van der Waals surface area contributed by atoms with E-state index in [0.717, 1.165) is 25.6 Å². The number of aromatic nitrogens is 2. The van der Waals surface area contributed by atoms with Crippen molar-refractivity contribution < 1.29 is 0 Å². The Labute approximate surface area is 96.4 Å². The van der Waals surface area contributed by atoms with Crippen molar-refractivity contribution >= 4 is 0 Å². The molecule has 4 nitrogen and oxygen atoms in total. The van der Waals surface area contributed by atoms with Crippen molar-refractivity contribution in [3.8, 4) is 0 Å². The smallest absolute Gasteiger partial charge is 0.0945 e. The summed E-state index contributed by atoms with van der Waals surface area (Å²) in [6, 6.07) is 0. The molecule has 1 aromatic heterocycles. The molecule has 3 rings (SSSR count). The second-order valence-corrected chi connectivity index (χ2v) is 5.37. The predicted octanol–water partition coefficient (Wildman–Crippen LogP) is 0.696. The third kappa shape index (κ3) is 1.99. The van der Waals surface area contributed by atoms with E-state index in [1.807, 2.05) is 18.7 Å². The summed E-state index contributed by atoms with van der Waals surface area (Å²) in [5, 5.41) is 0. The molecule has 0 bridgehead atoms. The van der Waals surface area contributed by atoms with Crippen molar-refractivity contribution in [1.29, 1.82) is 0 Å². The third-order valence-electron chi connectivity index (χ3n) is 3.88. The zero-order chi connectivity index (χ0) is 11.0. The second kappa shape index (κ2) is 3.86. The van der Waals surface area contributed by atoms with Crippen LogP contribution in [0, 0.1) is 5.92 Å². The fraction of sp³-hybridized carbons (Fsp3) is 0.750. The molecule has 2 heterocycles. The Hall–Kier alpha value is -0.870. The van der Waals surface area contributed by atoms with Crippen LogP contribution in [-0.2, 0) is 6.54 Å². The standard InChI is InChI=1S/C12H20N4/c13-12(11-2-3-11)8-16(9-12)6-1-5-15-7-4-14-10-15/h4,7,10-11H,1-3,5-6,8-9,13H2. The quantitative estimate of drug-likeness (QED) is 0.794. The SMILES string of the molecule is NC1(C2CC2)CN(CCCn2ccnc2)C1. The maximum Gasteiger partial charge on any atom is 0.0945 e. The average molecular weight is 220 g/mol. The Morgan fingerprint density at radius 1 is 1.31 bits per heavy atom. The van der Waals surface area contributed by atoms with Crippen molar-refractivity contribution in [3.05, 3.63) is 18.7 Å². The van der Waals surface area contributed by atoms with Crippen LogP contribution in [0.15, 0.2) is 18.7 Å². The van der Waals surface area contributed by atoms with Crippen molar-refractivity contribution in [2.24, 2.45) is 11.7 Å². The number of nitrogens with zero attached hydrogens (tertiary/aromatic N) is 3. The molecule has 88 valence electrons. The molecule has 0 radical (unpaired) electrons. The van der Waals surface area contributed by atoms with Gasteiger partial charge in [-0.1, -0.05) is 0 Å². The molecule has 2 aliphatic rings. The highest BCUT2D eigenvalue weighted by Gasteiger charge is 2.49.